The van der Waals surface area contributed by atoms with E-state index in [2.05, 4.69) is 11.4 Å². The molecule has 5 nitrogen and oxygen atoms in total. The third kappa shape index (κ3) is 4.26. The maximum atomic E-state index is 12.7. The standard InChI is InChI=1S/C18H24N2O3/c1-22-16-6-8-17(9-7-16)23-12-11-20(15-4-5-15)18(21)14-3-2-10-19-13-14/h3,6-9,15,19H,2,4-5,10-13H2,1H3. The Kier molecular flexibility index (Phi) is 5.18. The van der Waals surface area contributed by atoms with E-state index in [4.69, 9.17) is 9.47 Å². The van der Waals surface area contributed by atoms with Crippen LogP contribution < -0.4 is 14.8 Å². The van der Waals surface area contributed by atoms with Crippen molar-refractivity contribution in [1.82, 2.24) is 10.2 Å². The van der Waals surface area contributed by atoms with Gasteiger partial charge in [-0.15, -0.1) is 0 Å². The van der Waals surface area contributed by atoms with E-state index in [1.807, 2.05) is 29.2 Å². The number of nitrogens with zero attached hydrogens (tertiary/aromatic N) is 1. The summed E-state index contributed by atoms with van der Waals surface area (Å²) in [7, 11) is 1.64. The summed E-state index contributed by atoms with van der Waals surface area (Å²) in [6, 6.07) is 7.91. The molecule has 0 bridgehead atoms. The zero-order valence-electron chi connectivity index (χ0n) is 13.6. The number of nitrogens with one attached hydrogen (secondary N) is 1. The highest BCUT2D eigenvalue weighted by atomic mass is 16.5. The van der Waals surface area contributed by atoms with Gasteiger partial charge >= 0.3 is 0 Å². The minimum Gasteiger partial charge on any atom is -0.497 e. The van der Waals surface area contributed by atoms with Crippen molar-refractivity contribution in [2.75, 3.05) is 33.4 Å². The molecular weight excluding hydrogens is 292 g/mol. The fourth-order valence-electron chi connectivity index (χ4n) is 2.76. The van der Waals surface area contributed by atoms with Crippen LogP contribution in [-0.2, 0) is 4.79 Å². The van der Waals surface area contributed by atoms with E-state index in [0.717, 1.165) is 42.9 Å². The number of ether oxygens (including phenoxy) is 2. The van der Waals surface area contributed by atoms with Gasteiger partial charge in [0, 0.05) is 18.2 Å². The predicted molar refractivity (Wildman–Crippen MR) is 88.8 cm³/mol. The number of methoxy groups -OCH3 is 1. The highest BCUT2D eigenvalue weighted by Gasteiger charge is 2.33. The van der Waals surface area contributed by atoms with Gasteiger partial charge in [-0.1, -0.05) is 6.08 Å². The van der Waals surface area contributed by atoms with E-state index in [1.54, 1.807) is 7.11 Å². The molecule has 1 aliphatic heterocycles. The van der Waals surface area contributed by atoms with E-state index < -0.39 is 0 Å². The van der Waals surface area contributed by atoms with Crippen molar-refractivity contribution < 1.29 is 14.3 Å². The molecule has 1 amide bonds. The third-order valence-electron chi connectivity index (χ3n) is 4.21. The summed E-state index contributed by atoms with van der Waals surface area (Å²) in [6.45, 7) is 2.78. The number of hydrogen-bond donors (Lipinski definition) is 1. The zero-order valence-corrected chi connectivity index (χ0v) is 13.6. The van der Waals surface area contributed by atoms with Crippen LogP contribution in [0.3, 0.4) is 0 Å². The van der Waals surface area contributed by atoms with Gasteiger partial charge < -0.3 is 19.7 Å². The molecule has 0 aromatic heterocycles. The minimum atomic E-state index is 0.165. The van der Waals surface area contributed by atoms with Gasteiger partial charge in [-0.25, -0.2) is 0 Å². The van der Waals surface area contributed by atoms with Gasteiger partial charge in [0.25, 0.3) is 5.91 Å². The summed E-state index contributed by atoms with van der Waals surface area (Å²) < 4.78 is 10.9. The number of carbonyl (C=O) groups is 1. The number of carbonyl (C=O) groups excluding carboxylic acids is 1. The Morgan fingerprint density at radius 1 is 1.26 bits per heavy atom. The van der Waals surface area contributed by atoms with Crippen molar-refractivity contribution in [3.05, 3.63) is 35.9 Å². The monoisotopic (exact) mass is 316 g/mol. The van der Waals surface area contributed by atoms with Gasteiger partial charge in [0.1, 0.15) is 18.1 Å². The largest absolute Gasteiger partial charge is 0.497 e. The molecule has 0 unspecified atom stereocenters. The van der Waals surface area contributed by atoms with Gasteiger partial charge in [0.15, 0.2) is 0 Å². The lowest BCUT2D eigenvalue weighted by Crippen LogP contribution is -2.40. The summed E-state index contributed by atoms with van der Waals surface area (Å²) in [5.74, 6) is 1.77. The second kappa shape index (κ2) is 7.51. The molecule has 2 aliphatic rings. The van der Waals surface area contributed by atoms with Gasteiger partial charge in [0.2, 0.25) is 0 Å². The zero-order chi connectivity index (χ0) is 16.1. The van der Waals surface area contributed by atoms with Crippen LogP contribution in [0.2, 0.25) is 0 Å². The van der Waals surface area contributed by atoms with E-state index in [9.17, 15) is 4.79 Å². The number of hydrogen-bond acceptors (Lipinski definition) is 4. The van der Waals surface area contributed by atoms with E-state index in [-0.39, 0.29) is 5.91 Å². The number of rotatable bonds is 7. The fourth-order valence-corrected chi connectivity index (χ4v) is 2.76. The second-order valence-electron chi connectivity index (χ2n) is 5.95. The third-order valence-corrected chi connectivity index (χ3v) is 4.21. The molecule has 124 valence electrons. The van der Waals surface area contributed by atoms with Crippen LogP contribution in [0, 0.1) is 0 Å². The normalized spacial score (nSPS) is 17.3. The number of benzene rings is 1. The molecule has 0 radical (unpaired) electrons. The summed E-state index contributed by atoms with van der Waals surface area (Å²) in [4.78, 5) is 14.6. The molecule has 3 rings (SSSR count). The maximum absolute atomic E-state index is 12.7. The van der Waals surface area contributed by atoms with Crippen LogP contribution in [0.1, 0.15) is 19.3 Å². The van der Waals surface area contributed by atoms with Crippen LogP contribution in [0.4, 0.5) is 0 Å². The van der Waals surface area contributed by atoms with Crippen molar-refractivity contribution in [2.45, 2.75) is 25.3 Å². The second-order valence-corrected chi connectivity index (χ2v) is 5.95. The minimum absolute atomic E-state index is 0.165. The smallest absolute Gasteiger partial charge is 0.251 e. The highest BCUT2D eigenvalue weighted by molar-refractivity contribution is 5.94. The first-order chi connectivity index (χ1) is 11.3. The first-order valence-electron chi connectivity index (χ1n) is 8.25. The SMILES string of the molecule is COc1ccc(OCCN(C(=O)C2=CCCNC2)C2CC2)cc1. The maximum Gasteiger partial charge on any atom is 0.251 e. The molecule has 1 aromatic carbocycles. The van der Waals surface area contributed by atoms with Crippen LogP contribution in [0.5, 0.6) is 11.5 Å². The molecule has 5 heteroatoms. The average Bonchev–Trinajstić information content (AvgIpc) is 3.44. The van der Waals surface area contributed by atoms with Crippen LogP contribution in [0.25, 0.3) is 0 Å². The van der Waals surface area contributed by atoms with Crippen LogP contribution in [-0.4, -0.2) is 50.2 Å². The molecule has 1 aliphatic carbocycles. The van der Waals surface area contributed by atoms with Crippen molar-refractivity contribution >= 4 is 5.91 Å². The molecule has 1 saturated carbocycles. The van der Waals surface area contributed by atoms with E-state index >= 15 is 0 Å². The molecule has 0 saturated heterocycles. The molecule has 1 heterocycles. The lowest BCUT2D eigenvalue weighted by molar-refractivity contribution is -0.128. The lowest BCUT2D eigenvalue weighted by atomic mass is 10.1. The Balaban J connectivity index is 1.53. The van der Waals surface area contributed by atoms with Crippen LogP contribution in [0.15, 0.2) is 35.9 Å². The van der Waals surface area contributed by atoms with Crippen molar-refractivity contribution in [3.63, 3.8) is 0 Å². The van der Waals surface area contributed by atoms with Gasteiger partial charge in [-0.05, 0) is 50.1 Å². The molecule has 1 fully saturated rings. The topological polar surface area (TPSA) is 50.8 Å². The van der Waals surface area contributed by atoms with Gasteiger partial charge in [-0.3, -0.25) is 4.79 Å². The van der Waals surface area contributed by atoms with Crippen LogP contribution >= 0.6 is 0 Å². The first kappa shape index (κ1) is 15.9. The fraction of sp³-hybridized carbons (Fsp3) is 0.500. The van der Waals surface area contributed by atoms with Gasteiger partial charge in [-0.2, -0.15) is 0 Å². The predicted octanol–water partition coefficient (Wildman–Crippen LogP) is 1.98. The van der Waals surface area contributed by atoms with Crippen molar-refractivity contribution in [2.24, 2.45) is 0 Å². The summed E-state index contributed by atoms with van der Waals surface area (Å²) >= 11 is 0. The molecule has 1 N–H and O–H groups in total. The van der Waals surface area contributed by atoms with Crippen molar-refractivity contribution in [3.8, 4) is 11.5 Å². The lowest BCUT2D eigenvalue weighted by Gasteiger charge is -2.25. The molecule has 0 spiro atoms. The Labute approximate surface area is 137 Å². The van der Waals surface area contributed by atoms with E-state index in [1.165, 1.54) is 0 Å². The molecule has 0 atom stereocenters. The Bertz CT molecular complexity index is 564. The highest BCUT2D eigenvalue weighted by Crippen LogP contribution is 2.28. The summed E-state index contributed by atoms with van der Waals surface area (Å²) in [5, 5.41) is 3.26. The first-order valence-corrected chi connectivity index (χ1v) is 8.25. The van der Waals surface area contributed by atoms with E-state index in [0.29, 0.717) is 25.7 Å². The van der Waals surface area contributed by atoms with Crippen molar-refractivity contribution in [1.29, 1.82) is 0 Å². The number of amides is 1. The Morgan fingerprint density at radius 3 is 2.61 bits per heavy atom. The van der Waals surface area contributed by atoms with Gasteiger partial charge in [0.05, 0.1) is 13.7 Å². The molecule has 23 heavy (non-hydrogen) atoms. The molecule has 1 aromatic rings. The Morgan fingerprint density at radius 2 is 2.00 bits per heavy atom. The summed E-state index contributed by atoms with van der Waals surface area (Å²) in [6.07, 6.45) is 5.21. The quantitative estimate of drug-likeness (QED) is 0.836. The molecular formula is C18H24N2O3. The Hall–Kier alpha value is -2.01. The average molecular weight is 316 g/mol. The summed E-state index contributed by atoms with van der Waals surface area (Å²) in [5.41, 5.74) is 0.896.